The minimum absolute atomic E-state index is 0.493. The second-order valence-corrected chi connectivity index (χ2v) is 5.61. The molecular formula is C10H12BrNOS. The minimum atomic E-state index is 0.493. The molecule has 2 N–H and O–H groups in total. The molecule has 0 heterocycles. The number of hydrogen-bond donors (Lipinski definition) is 2. The van der Waals surface area contributed by atoms with Gasteiger partial charge in [-0.25, -0.2) is 5.48 Å². The van der Waals surface area contributed by atoms with Gasteiger partial charge < -0.3 is 5.21 Å². The first-order valence-electron chi connectivity index (χ1n) is 4.61. The summed E-state index contributed by atoms with van der Waals surface area (Å²) < 4.78 is 1.13. The predicted molar refractivity (Wildman–Crippen MR) is 61.6 cm³/mol. The second-order valence-electron chi connectivity index (χ2n) is 3.42. The Hall–Kier alpha value is -0.0300. The largest absolute Gasteiger partial charge is 0.316 e. The lowest BCUT2D eigenvalue weighted by Crippen LogP contribution is -2.05. The van der Waals surface area contributed by atoms with E-state index in [1.54, 1.807) is 0 Å². The van der Waals surface area contributed by atoms with Gasteiger partial charge >= 0.3 is 0 Å². The van der Waals surface area contributed by atoms with Crippen LogP contribution in [0, 0.1) is 0 Å². The fourth-order valence-electron chi connectivity index (χ4n) is 1.21. The van der Waals surface area contributed by atoms with Crippen LogP contribution >= 0.6 is 27.7 Å². The first-order chi connectivity index (χ1) is 6.79. The van der Waals surface area contributed by atoms with Crippen LogP contribution in [-0.2, 0) is 6.54 Å². The summed E-state index contributed by atoms with van der Waals surface area (Å²) >= 11 is 5.48. The van der Waals surface area contributed by atoms with Crippen LogP contribution in [0.1, 0.15) is 18.4 Å². The Morgan fingerprint density at radius 2 is 2.29 bits per heavy atom. The molecule has 0 amide bonds. The molecule has 1 fully saturated rings. The molecule has 0 bridgehead atoms. The van der Waals surface area contributed by atoms with Crippen LogP contribution in [0.15, 0.2) is 27.6 Å². The summed E-state index contributed by atoms with van der Waals surface area (Å²) in [5, 5.41) is 9.39. The minimum Gasteiger partial charge on any atom is -0.316 e. The summed E-state index contributed by atoms with van der Waals surface area (Å²) in [5.41, 5.74) is 3.24. The van der Waals surface area contributed by atoms with Crippen molar-refractivity contribution < 1.29 is 5.21 Å². The number of nitrogens with one attached hydrogen (secondary N) is 1. The van der Waals surface area contributed by atoms with Crippen LogP contribution in [0.5, 0.6) is 0 Å². The zero-order valence-electron chi connectivity index (χ0n) is 7.66. The number of hydroxylamine groups is 1. The lowest BCUT2D eigenvalue weighted by molar-refractivity contribution is 0.161. The van der Waals surface area contributed by atoms with E-state index in [1.807, 2.05) is 23.9 Å². The van der Waals surface area contributed by atoms with E-state index in [4.69, 9.17) is 5.21 Å². The van der Waals surface area contributed by atoms with Crippen molar-refractivity contribution in [1.82, 2.24) is 5.48 Å². The van der Waals surface area contributed by atoms with Gasteiger partial charge in [-0.1, -0.05) is 6.07 Å². The van der Waals surface area contributed by atoms with Gasteiger partial charge in [0.05, 0.1) is 0 Å². The fraction of sp³-hybridized carbons (Fsp3) is 0.400. The van der Waals surface area contributed by atoms with Gasteiger partial charge in [-0.15, -0.1) is 11.8 Å². The lowest BCUT2D eigenvalue weighted by atomic mass is 10.2. The molecule has 1 aliphatic rings. The van der Waals surface area contributed by atoms with Gasteiger partial charge in [0.25, 0.3) is 0 Å². The number of thioether (sulfide) groups is 1. The standard InChI is InChI=1S/C10H12BrNOS/c11-9-5-7(6-12-13)1-4-10(9)14-8-2-3-8/h1,4-5,8,12-13H,2-3,6H2. The number of hydrogen-bond acceptors (Lipinski definition) is 3. The molecule has 76 valence electrons. The number of rotatable bonds is 4. The van der Waals surface area contributed by atoms with Crippen LogP contribution in [0.25, 0.3) is 0 Å². The Morgan fingerprint density at radius 3 is 2.86 bits per heavy atom. The average molecular weight is 274 g/mol. The van der Waals surface area contributed by atoms with Crippen molar-refractivity contribution in [2.24, 2.45) is 0 Å². The number of benzene rings is 1. The highest BCUT2D eigenvalue weighted by Gasteiger charge is 2.23. The van der Waals surface area contributed by atoms with Crippen LogP contribution in [0.4, 0.5) is 0 Å². The predicted octanol–water partition coefficient (Wildman–Crippen LogP) is 3.18. The first-order valence-corrected chi connectivity index (χ1v) is 6.29. The maximum atomic E-state index is 8.56. The third kappa shape index (κ3) is 2.73. The summed E-state index contributed by atoms with van der Waals surface area (Å²) in [6, 6.07) is 6.20. The Morgan fingerprint density at radius 1 is 1.50 bits per heavy atom. The highest BCUT2D eigenvalue weighted by Crippen LogP contribution is 2.41. The Bertz CT molecular complexity index is 328. The summed E-state index contributed by atoms with van der Waals surface area (Å²) in [6.45, 7) is 0.493. The van der Waals surface area contributed by atoms with E-state index in [9.17, 15) is 0 Å². The van der Waals surface area contributed by atoms with Gasteiger partial charge in [0.1, 0.15) is 0 Å². The molecule has 4 heteroatoms. The topological polar surface area (TPSA) is 32.3 Å². The van der Waals surface area contributed by atoms with Gasteiger partial charge in [0.2, 0.25) is 0 Å². The molecule has 0 unspecified atom stereocenters. The molecule has 0 aromatic heterocycles. The van der Waals surface area contributed by atoms with E-state index in [1.165, 1.54) is 17.7 Å². The van der Waals surface area contributed by atoms with Crippen molar-refractivity contribution in [1.29, 1.82) is 0 Å². The Labute approximate surface area is 96.2 Å². The van der Waals surface area contributed by atoms with E-state index < -0.39 is 0 Å². The molecule has 0 atom stereocenters. The quantitative estimate of drug-likeness (QED) is 0.827. The van der Waals surface area contributed by atoms with Crippen molar-refractivity contribution in [3.05, 3.63) is 28.2 Å². The van der Waals surface area contributed by atoms with Crippen molar-refractivity contribution in [2.75, 3.05) is 0 Å². The third-order valence-corrected chi connectivity index (χ3v) is 4.43. The molecule has 0 aliphatic heterocycles. The summed E-state index contributed by atoms with van der Waals surface area (Å²) in [5.74, 6) is 0. The zero-order chi connectivity index (χ0) is 9.97. The second kappa shape index (κ2) is 4.66. The molecule has 0 radical (unpaired) electrons. The third-order valence-electron chi connectivity index (χ3n) is 2.10. The molecule has 2 nitrogen and oxygen atoms in total. The summed E-state index contributed by atoms with van der Waals surface area (Å²) in [6.07, 6.45) is 2.69. The van der Waals surface area contributed by atoms with Crippen LogP contribution < -0.4 is 5.48 Å². The van der Waals surface area contributed by atoms with Gasteiger partial charge in [-0.3, -0.25) is 0 Å². The lowest BCUT2D eigenvalue weighted by Gasteiger charge is -2.05. The molecule has 2 rings (SSSR count). The van der Waals surface area contributed by atoms with Gasteiger partial charge in [0.15, 0.2) is 0 Å². The van der Waals surface area contributed by atoms with E-state index >= 15 is 0 Å². The molecule has 14 heavy (non-hydrogen) atoms. The van der Waals surface area contributed by atoms with Gasteiger partial charge in [0, 0.05) is 21.2 Å². The first kappa shape index (κ1) is 10.5. The average Bonchev–Trinajstić information content (AvgIpc) is 2.94. The van der Waals surface area contributed by atoms with Crippen molar-refractivity contribution >= 4 is 27.7 Å². The molecule has 1 saturated carbocycles. The molecule has 1 aliphatic carbocycles. The summed E-state index contributed by atoms with van der Waals surface area (Å²) in [4.78, 5) is 1.30. The van der Waals surface area contributed by atoms with Crippen LogP contribution in [0.2, 0.25) is 0 Å². The van der Waals surface area contributed by atoms with Gasteiger partial charge in [-0.05, 0) is 46.5 Å². The SMILES string of the molecule is ONCc1ccc(SC2CC2)c(Br)c1. The number of halogens is 1. The fourth-order valence-corrected chi connectivity index (χ4v) is 2.96. The molecule has 1 aromatic carbocycles. The Kier molecular flexibility index (Phi) is 3.49. The normalized spacial score (nSPS) is 15.9. The molecule has 0 spiro atoms. The monoisotopic (exact) mass is 273 g/mol. The van der Waals surface area contributed by atoms with Crippen molar-refractivity contribution in [2.45, 2.75) is 29.5 Å². The highest BCUT2D eigenvalue weighted by molar-refractivity contribution is 9.10. The Balaban J connectivity index is 2.09. The van der Waals surface area contributed by atoms with Gasteiger partial charge in [-0.2, -0.15) is 0 Å². The molecular weight excluding hydrogens is 262 g/mol. The highest BCUT2D eigenvalue weighted by atomic mass is 79.9. The van der Waals surface area contributed by atoms with E-state index in [2.05, 4.69) is 27.5 Å². The zero-order valence-corrected chi connectivity index (χ0v) is 10.1. The molecule has 1 aromatic rings. The van der Waals surface area contributed by atoms with Crippen LogP contribution in [-0.4, -0.2) is 10.5 Å². The summed E-state index contributed by atoms with van der Waals surface area (Å²) in [7, 11) is 0. The van der Waals surface area contributed by atoms with Crippen molar-refractivity contribution in [3.8, 4) is 0 Å². The maximum absolute atomic E-state index is 8.56. The van der Waals surface area contributed by atoms with Crippen LogP contribution in [0.3, 0.4) is 0 Å². The van der Waals surface area contributed by atoms with E-state index in [0.717, 1.165) is 15.3 Å². The molecule has 0 saturated heterocycles. The smallest absolute Gasteiger partial charge is 0.0458 e. The maximum Gasteiger partial charge on any atom is 0.0458 e. The van der Waals surface area contributed by atoms with Crippen molar-refractivity contribution in [3.63, 3.8) is 0 Å². The van der Waals surface area contributed by atoms with E-state index in [-0.39, 0.29) is 0 Å². The van der Waals surface area contributed by atoms with E-state index in [0.29, 0.717) is 6.54 Å².